The van der Waals surface area contributed by atoms with E-state index >= 15 is 0 Å². The molecule has 0 saturated carbocycles. The molecule has 1 N–H and O–H groups in total. The first kappa shape index (κ1) is 12.2. The van der Waals surface area contributed by atoms with Crippen molar-refractivity contribution in [3.05, 3.63) is 41.7 Å². The Hall–Kier alpha value is -1.31. The number of benzene rings is 1. The van der Waals surface area contributed by atoms with E-state index in [-0.39, 0.29) is 5.82 Å². The fourth-order valence-corrected chi connectivity index (χ4v) is 2.70. The second kappa shape index (κ2) is 5.35. The van der Waals surface area contributed by atoms with Crippen LogP contribution in [0.1, 0.15) is 26.7 Å². The van der Waals surface area contributed by atoms with Crippen LogP contribution in [0, 0.1) is 17.7 Å². The summed E-state index contributed by atoms with van der Waals surface area (Å²) in [6, 6.07) is 6.68. The van der Waals surface area contributed by atoms with Crippen LogP contribution in [0.3, 0.4) is 0 Å². The van der Waals surface area contributed by atoms with Gasteiger partial charge in [0.15, 0.2) is 0 Å². The van der Waals surface area contributed by atoms with Gasteiger partial charge in [0.05, 0.1) is 0 Å². The standard InChI is InChI=1S/C15H20FN/c1-11-6-12(2)8-13(7-11)10-17-15-5-3-4-14(16)9-15/h3-6,9,11,13,17H,7-8,10H2,1-2H3. The van der Waals surface area contributed by atoms with Crippen molar-refractivity contribution in [1.82, 2.24) is 0 Å². The van der Waals surface area contributed by atoms with Crippen LogP contribution in [-0.2, 0) is 0 Å². The molecule has 0 fully saturated rings. The van der Waals surface area contributed by atoms with Crippen molar-refractivity contribution >= 4 is 5.69 Å². The van der Waals surface area contributed by atoms with Gasteiger partial charge in [-0.15, -0.1) is 0 Å². The van der Waals surface area contributed by atoms with Gasteiger partial charge in [-0.05, 0) is 49.8 Å². The number of nitrogens with one attached hydrogen (secondary N) is 1. The molecule has 1 nitrogen and oxygen atoms in total. The van der Waals surface area contributed by atoms with Gasteiger partial charge in [-0.1, -0.05) is 24.6 Å². The quantitative estimate of drug-likeness (QED) is 0.770. The van der Waals surface area contributed by atoms with Crippen LogP contribution in [0.5, 0.6) is 0 Å². The number of hydrogen-bond acceptors (Lipinski definition) is 1. The molecule has 0 heterocycles. The van der Waals surface area contributed by atoms with Crippen LogP contribution >= 0.6 is 0 Å². The van der Waals surface area contributed by atoms with E-state index in [0.717, 1.165) is 18.7 Å². The molecule has 2 rings (SSSR count). The lowest BCUT2D eigenvalue weighted by Gasteiger charge is -2.26. The molecule has 1 aliphatic carbocycles. The molecule has 0 amide bonds. The number of hydrogen-bond donors (Lipinski definition) is 1. The van der Waals surface area contributed by atoms with Crippen molar-refractivity contribution in [3.63, 3.8) is 0 Å². The average Bonchev–Trinajstić information content (AvgIpc) is 2.25. The third-order valence-electron chi connectivity index (χ3n) is 3.30. The van der Waals surface area contributed by atoms with E-state index in [0.29, 0.717) is 11.8 Å². The lowest BCUT2D eigenvalue weighted by atomic mass is 9.84. The van der Waals surface area contributed by atoms with Crippen molar-refractivity contribution < 1.29 is 4.39 Å². The Morgan fingerprint density at radius 3 is 2.94 bits per heavy atom. The van der Waals surface area contributed by atoms with Crippen LogP contribution < -0.4 is 5.32 Å². The Labute approximate surface area is 103 Å². The van der Waals surface area contributed by atoms with Gasteiger partial charge in [0.1, 0.15) is 5.82 Å². The molecule has 17 heavy (non-hydrogen) atoms. The summed E-state index contributed by atoms with van der Waals surface area (Å²) >= 11 is 0. The summed E-state index contributed by atoms with van der Waals surface area (Å²) in [7, 11) is 0. The monoisotopic (exact) mass is 233 g/mol. The highest BCUT2D eigenvalue weighted by Crippen LogP contribution is 2.28. The zero-order valence-electron chi connectivity index (χ0n) is 10.5. The van der Waals surface area contributed by atoms with Crippen LogP contribution in [0.2, 0.25) is 0 Å². The van der Waals surface area contributed by atoms with Gasteiger partial charge < -0.3 is 5.32 Å². The summed E-state index contributed by atoms with van der Waals surface area (Å²) in [5.41, 5.74) is 2.36. The minimum atomic E-state index is -0.178. The molecule has 2 unspecified atom stereocenters. The molecule has 0 saturated heterocycles. The SMILES string of the molecule is CC1=CC(C)CC(CNc2cccc(F)c2)C1. The number of halogens is 1. The Balaban J connectivity index is 1.89. The molecule has 1 aliphatic rings. The van der Waals surface area contributed by atoms with Gasteiger partial charge in [-0.2, -0.15) is 0 Å². The first-order valence-corrected chi connectivity index (χ1v) is 6.30. The predicted octanol–water partition coefficient (Wildman–Crippen LogP) is 4.23. The Kier molecular flexibility index (Phi) is 3.82. The molecule has 2 heteroatoms. The van der Waals surface area contributed by atoms with E-state index in [1.165, 1.54) is 18.1 Å². The molecule has 0 radical (unpaired) electrons. The second-order valence-corrected chi connectivity index (χ2v) is 5.19. The lowest BCUT2D eigenvalue weighted by Crippen LogP contribution is -2.20. The summed E-state index contributed by atoms with van der Waals surface area (Å²) in [5, 5.41) is 3.33. The van der Waals surface area contributed by atoms with E-state index in [4.69, 9.17) is 0 Å². The normalized spacial score (nSPS) is 24.3. The molecule has 0 bridgehead atoms. The minimum absolute atomic E-state index is 0.178. The number of anilines is 1. The molecule has 1 aromatic rings. The van der Waals surface area contributed by atoms with E-state index in [2.05, 4.69) is 25.2 Å². The van der Waals surface area contributed by atoms with Gasteiger partial charge in [0.2, 0.25) is 0 Å². The highest BCUT2D eigenvalue weighted by Gasteiger charge is 2.17. The van der Waals surface area contributed by atoms with Crippen molar-refractivity contribution in [1.29, 1.82) is 0 Å². The maximum absolute atomic E-state index is 13.0. The summed E-state index contributed by atoms with van der Waals surface area (Å²) in [6.45, 7) is 5.39. The average molecular weight is 233 g/mol. The van der Waals surface area contributed by atoms with Crippen molar-refractivity contribution in [3.8, 4) is 0 Å². The van der Waals surface area contributed by atoms with Gasteiger partial charge >= 0.3 is 0 Å². The number of rotatable bonds is 3. The molecule has 0 spiro atoms. The van der Waals surface area contributed by atoms with Crippen LogP contribution in [0.15, 0.2) is 35.9 Å². The van der Waals surface area contributed by atoms with Crippen molar-refractivity contribution in [2.75, 3.05) is 11.9 Å². The third kappa shape index (κ3) is 3.58. The zero-order chi connectivity index (χ0) is 12.3. The molecule has 0 aliphatic heterocycles. The lowest BCUT2D eigenvalue weighted by molar-refractivity contribution is 0.421. The summed E-state index contributed by atoms with van der Waals surface area (Å²) < 4.78 is 13.0. The molecule has 2 atom stereocenters. The summed E-state index contributed by atoms with van der Waals surface area (Å²) in [6.07, 6.45) is 4.74. The Morgan fingerprint density at radius 2 is 2.24 bits per heavy atom. The van der Waals surface area contributed by atoms with E-state index < -0.39 is 0 Å². The third-order valence-corrected chi connectivity index (χ3v) is 3.30. The first-order chi connectivity index (χ1) is 8.13. The fourth-order valence-electron chi connectivity index (χ4n) is 2.70. The van der Waals surface area contributed by atoms with Gasteiger partial charge in [-0.25, -0.2) is 4.39 Å². The molecule has 0 aromatic heterocycles. The topological polar surface area (TPSA) is 12.0 Å². The smallest absolute Gasteiger partial charge is 0.125 e. The summed E-state index contributed by atoms with van der Waals surface area (Å²) in [4.78, 5) is 0. The molecule has 1 aromatic carbocycles. The van der Waals surface area contributed by atoms with Crippen LogP contribution in [-0.4, -0.2) is 6.54 Å². The highest BCUT2D eigenvalue weighted by atomic mass is 19.1. The largest absolute Gasteiger partial charge is 0.385 e. The van der Waals surface area contributed by atoms with E-state index in [9.17, 15) is 4.39 Å². The maximum Gasteiger partial charge on any atom is 0.125 e. The number of allylic oxidation sites excluding steroid dienone is 2. The summed E-state index contributed by atoms with van der Waals surface area (Å²) in [5.74, 6) is 1.16. The molecular weight excluding hydrogens is 213 g/mol. The van der Waals surface area contributed by atoms with Crippen molar-refractivity contribution in [2.45, 2.75) is 26.7 Å². The van der Waals surface area contributed by atoms with E-state index in [1.54, 1.807) is 12.1 Å². The van der Waals surface area contributed by atoms with Gasteiger partial charge in [-0.3, -0.25) is 0 Å². The van der Waals surface area contributed by atoms with Gasteiger partial charge in [0, 0.05) is 12.2 Å². The van der Waals surface area contributed by atoms with Crippen molar-refractivity contribution in [2.24, 2.45) is 11.8 Å². The fraction of sp³-hybridized carbons (Fsp3) is 0.467. The Morgan fingerprint density at radius 1 is 1.41 bits per heavy atom. The second-order valence-electron chi connectivity index (χ2n) is 5.19. The maximum atomic E-state index is 13.0. The Bertz CT molecular complexity index is 411. The predicted molar refractivity (Wildman–Crippen MR) is 70.5 cm³/mol. The molecule has 92 valence electrons. The van der Waals surface area contributed by atoms with Gasteiger partial charge in [0.25, 0.3) is 0 Å². The highest BCUT2D eigenvalue weighted by molar-refractivity contribution is 5.43. The van der Waals surface area contributed by atoms with Crippen LogP contribution in [0.25, 0.3) is 0 Å². The molecular formula is C15H20FN. The zero-order valence-corrected chi connectivity index (χ0v) is 10.5. The van der Waals surface area contributed by atoms with E-state index in [1.807, 2.05) is 6.07 Å². The first-order valence-electron chi connectivity index (χ1n) is 6.30. The minimum Gasteiger partial charge on any atom is -0.385 e. The van der Waals surface area contributed by atoms with Crippen LogP contribution in [0.4, 0.5) is 10.1 Å².